The quantitative estimate of drug-likeness (QED) is 0.292. The fraction of sp³-hybridized carbons (Fsp3) is 0.462. The predicted octanol–water partition coefficient (Wildman–Crippen LogP) is 1.60. The molecule has 0 saturated carbocycles. The van der Waals surface area contributed by atoms with Gasteiger partial charge in [-0.2, -0.15) is 0 Å². The van der Waals surface area contributed by atoms with Gasteiger partial charge in [0.15, 0.2) is 5.84 Å². The first-order valence-electron chi connectivity index (χ1n) is 6.52. The summed E-state index contributed by atoms with van der Waals surface area (Å²) in [5, 5.41) is 11.2. The molecular weight excluding hydrogens is 294 g/mol. The van der Waals surface area contributed by atoms with E-state index in [0.29, 0.717) is 23.8 Å². The Morgan fingerprint density at radius 3 is 2.81 bits per heavy atom. The Morgan fingerprint density at radius 1 is 1.48 bits per heavy atom. The van der Waals surface area contributed by atoms with Crippen LogP contribution in [0.3, 0.4) is 0 Å². The molecule has 1 rings (SSSR count). The van der Waals surface area contributed by atoms with Crippen LogP contribution in [0.2, 0.25) is 0 Å². The molecule has 0 fully saturated rings. The van der Waals surface area contributed by atoms with Crippen LogP contribution in [0.15, 0.2) is 29.4 Å². The van der Waals surface area contributed by atoms with Crippen LogP contribution < -0.4 is 15.2 Å². The summed E-state index contributed by atoms with van der Waals surface area (Å²) < 4.78 is 31.6. The minimum absolute atomic E-state index is 0.0693. The van der Waals surface area contributed by atoms with Gasteiger partial charge in [-0.25, -0.2) is 8.42 Å². The zero-order chi connectivity index (χ0) is 15.9. The number of oxime groups is 1. The Kier molecular flexibility index (Phi) is 6.29. The van der Waals surface area contributed by atoms with Gasteiger partial charge in [-0.15, -0.1) is 0 Å². The van der Waals surface area contributed by atoms with Crippen molar-refractivity contribution in [2.45, 2.75) is 20.3 Å². The fourth-order valence-corrected chi connectivity index (χ4v) is 2.83. The van der Waals surface area contributed by atoms with E-state index in [2.05, 4.69) is 9.88 Å². The SMILES string of the molecule is CC(C)CCS(=O)(=O)Nc1cccc(OCC(N)=NO)c1. The van der Waals surface area contributed by atoms with Gasteiger partial charge in [-0.3, -0.25) is 4.72 Å². The number of anilines is 1. The molecule has 0 heterocycles. The molecule has 0 bridgehead atoms. The molecule has 0 aliphatic carbocycles. The van der Waals surface area contributed by atoms with Gasteiger partial charge in [0.25, 0.3) is 0 Å². The van der Waals surface area contributed by atoms with E-state index in [1.165, 1.54) is 6.07 Å². The average Bonchev–Trinajstić information content (AvgIpc) is 2.42. The Morgan fingerprint density at radius 2 is 2.19 bits per heavy atom. The van der Waals surface area contributed by atoms with Crippen LogP contribution in [-0.2, 0) is 10.0 Å². The van der Waals surface area contributed by atoms with E-state index < -0.39 is 10.0 Å². The van der Waals surface area contributed by atoms with Crippen LogP contribution in [0, 0.1) is 5.92 Å². The summed E-state index contributed by atoms with van der Waals surface area (Å²) in [6, 6.07) is 6.47. The highest BCUT2D eigenvalue weighted by Gasteiger charge is 2.11. The molecule has 21 heavy (non-hydrogen) atoms. The van der Waals surface area contributed by atoms with E-state index >= 15 is 0 Å². The van der Waals surface area contributed by atoms with E-state index in [0.717, 1.165) is 0 Å². The number of nitrogens with zero attached hydrogens (tertiary/aromatic N) is 1. The summed E-state index contributed by atoms with van der Waals surface area (Å²) in [4.78, 5) is 0. The van der Waals surface area contributed by atoms with Crippen molar-refractivity contribution in [1.82, 2.24) is 0 Å². The second-order valence-electron chi connectivity index (χ2n) is 5.01. The molecule has 0 aliphatic heterocycles. The Hall–Kier alpha value is -1.96. The molecule has 0 spiro atoms. The number of benzene rings is 1. The van der Waals surface area contributed by atoms with Crippen LogP contribution in [0.1, 0.15) is 20.3 Å². The van der Waals surface area contributed by atoms with Crippen LogP contribution in [0.4, 0.5) is 5.69 Å². The first-order chi connectivity index (χ1) is 9.82. The summed E-state index contributed by atoms with van der Waals surface area (Å²) in [6.07, 6.45) is 0.592. The van der Waals surface area contributed by atoms with Crippen molar-refractivity contribution in [2.24, 2.45) is 16.8 Å². The van der Waals surface area contributed by atoms with Gasteiger partial charge < -0.3 is 15.7 Å². The first-order valence-corrected chi connectivity index (χ1v) is 8.17. The lowest BCUT2D eigenvalue weighted by Crippen LogP contribution is -2.21. The molecular formula is C13H21N3O4S. The van der Waals surface area contributed by atoms with Crippen LogP contribution in [0.25, 0.3) is 0 Å². The molecule has 0 atom stereocenters. The third-order valence-corrected chi connectivity index (χ3v) is 3.91. The van der Waals surface area contributed by atoms with E-state index in [1.807, 2.05) is 13.8 Å². The van der Waals surface area contributed by atoms with Gasteiger partial charge in [0, 0.05) is 6.07 Å². The van der Waals surface area contributed by atoms with Crippen molar-refractivity contribution in [2.75, 3.05) is 17.1 Å². The van der Waals surface area contributed by atoms with E-state index in [1.54, 1.807) is 18.2 Å². The lowest BCUT2D eigenvalue weighted by Gasteiger charge is -2.11. The van der Waals surface area contributed by atoms with E-state index in [4.69, 9.17) is 15.7 Å². The normalized spacial score (nSPS) is 12.4. The number of nitrogens with one attached hydrogen (secondary N) is 1. The number of amidine groups is 1. The third kappa shape index (κ3) is 6.84. The van der Waals surface area contributed by atoms with Gasteiger partial charge in [-0.1, -0.05) is 25.1 Å². The number of sulfonamides is 1. The Balaban J connectivity index is 2.67. The number of rotatable bonds is 8. The van der Waals surface area contributed by atoms with Gasteiger partial charge in [-0.05, 0) is 24.5 Å². The molecule has 0 unspecified atom stereocenters. The average molecular weight is 315 g/mol. The molecule has 1 aromatic rings. The standard InChI is InChI=1S/C13H21N3O4S/c1-10(2)6-7-21(18,19)16-11-4-3-5-12(8-11)20-9-13(14)15-17/h3-5,8,10,16-17H,6-7,9H2,1-2H3,(H2,14,15). The second-order valence-corrected chi connectivity index (χ2v) is 6.85. The molecule has 8 heteroatoms. The molecule has 0 aliphatic rings. The van der Waals surface area contributed by atoms with Crippen molar-refractivity contribution in [3.63, 3.8) is 0 Å². The molecule has 118 valence electrons. The highest BCUT2D eigenvalue weighted by atomic mass is 32.2. The maximum Gasteiger partial charge on any atom is 0.232 e. The van der Waals surface area contributed by atoms with E-state index in [-0.39, 0.29) is 18.2 Å². The second kappa shape index (κ2) is 7.72. The number of hydrogen-bond acceptors (Lipinski definition) is 5. The summed E-state index contributed by atoms with van der Waals surface area (Å²) in [5.74, 6) is 0.737. The van der Waals surface area contributed by atoms with Gasteiger partial charge >= 0.3 is 0 Å². The Bertz CT molecular complexity index is 585. The lowest BCUT2D eigenvalue weighted by molar-refractivity contribution is 0.306. The first kappa shape index (κ1) is 17.1. The minimum atomic E-state index is -3.38. The molecule has 1 aromatic carbocycles. The fourth-order valence-electron chi connectivity index (χ4n) is 1.46. The summed E-state index contributed by atoms with van der Waals surface area (Å²) in [7, 11) is -3.38. The summed E-state index contributed by atoms with van der Waals surface area (Å²) in [6.45, 7) is 3.86. The van der Waals surface area contributed by atoms with Crippen molar-refractivity contribution in [3.8, 4) is 5.75 Å². The largest absolute Gasteiger partial charge is 0.485 e. The zero-order valence-electron chi connectivity index (χ0n) is 12.1. The lowest BCUT2D eigenvalue weighted by atomic mass is 10.2. The minimum Gasteiger partial charge on any atom is -0.485 e. The third-order valence-electron chi connectivity index (χ3n) is 2.59. The monoisotopic (exact) mass is 315 g/mol. The van der Waals surface area contributed by atoms with Crippen LogP contribution in [0.5, 0.6) is 5.75 Å². The number of hydrogen-bond donors (Lipinski definition) is 3. The van der Waals surface area contributed by atoms with Crippen molar-refractivity contribution < 1.29 is 18.4 Å². The van der Waals surface area contributed by atoms with Crippen LogP contribution in [-0.4, -0.2) is 31.8 Å². The summed E-state index contributed by atoms with van der Waals surface area (Å²) >= 11 is 0. The maximum atomic E-state index is 11.9. The zero-order valence-corrected chi connectivity index (χ0v) is 12.9. The van der Waals surface area contributed by atoms with Crippen molar-refractivity contribution >= 4 is 21.5 Å². The van der Waals surface area contributed by atoms with Gasteiger partial charge in [0.1, 0.15) is 12.4 Å². The number of nitrogens with two attached hydrogens (primary N) is 1. The molecule has 0 saturated heterocycles. The van der Waals surface area contributed by atoms with Crippen molar-refractivity contribution in [1.29, 1.82) is 0 Å². The molecule has 7 nitrogen and oxygen atoms in total. The molecule has 0 amide bonds. The predicted molar refractivity (Wildman–Crippen MR) is 82.2 cm³/mol. The van der Waals surface area contributed by atoms with Gasteiger partial charge in [0.05, 0.1) is 11.4 Å². The van der Waals surface area contributed by atoms with Crippen LogP contribution >= 0.6 is 0 Å². The maximum absolute atomic E-state index is 11.9. The molecule has 4 N–H and O–H groups in total. The summed E-state index contributed by atoms with van der Waals surface area (Å²) in [5.41, 5.74) is 5.70. The van der Waals surface area contributed by atoms with Gasteiger partial charge in [0.2, 0.25) is 10.0 Å². The number of ether oxygens (including phenoxy) is 1. The molecule has 0 radical (unpaired) electrons. The van der Waals surface area contributed by atoms with Crippen molar-refractivity contribution in [3.05, 3.63) is 24.3 Å². The highest BCUT2D eigenvalue weighted by Crippen LogP contribution is 2.19. The van der Waals surface area contributed by atoms with E-state index in [9.17, 15) is 8.42 Å². The molecule has 0 aromatic heterocycles. The Labute approximate surface area is 124 Å². The highest BCUT2D eigenvalue weighted by molar-refractivity contribution is 7.92. The smallest absolute Gasteiger partial charge is 0.232 e. The topological polar surface area (TPSA) is 114 Å².